The number of para-hydroxylation sites is 2. The highest BCUT2D eigenvalue weighted by atomic mass is 16.2. The molecule has 0 bridgehead atoms. The van der Waals surface area contributed by atoms with Crippen LogP contribution in [0.15, 0.2) is 54.6 Å². The Morgan fingerprint density at radius 3 is 2.48 bits per heavy atom. The zero-order valence-corrected chi connectivity index (χ0v) is 11.9. The van der Waals surface area contributed by atoms with E-state index in [4.69, 9.17) is 0 Å². The highest BCUT2D eigenvalue weighted by Gasteiger charge is 2.33. The van der Waals surface area contributed by atoms with Gasteiger partial charge in [0.05, 0.1) is 6.42 Å². The van der Waals surface area contributed by atoms with E-state index in [-0.39, 0.29) is 5.91 Å². The van der Waals surface area contributed by atoms with Gasteiger partial charge in [-0.2, -0.15) is 0 Å². The first kappa shape index (κ1) is 12.5. The van der Waals surface area contributed by atoms with Crippen molar-refractivity contribution in [3.8, 4) is 0 Å². The number of nitrogens with zero attached hydrogens (tertiary/aromatic N) is 2. The number of benzene rings is 2. The quantitative estimate of drug-likeness (QED) is 0.862. The van der Waals surface area contributed by atoms with E-state index in [1.165, 1.54) is 11.3 Å². The average Bonchev–Trinajstić information content (AvgIpc) is 2.79. The lowest BCUT2D eigenvalue weighted by Gasteiger charge is -2.42. The third-order valence-corrected chi connectivity index (χ3v) is 4.44. The van der Waals surface area contributed by atoms with E-state index >= 15 is 0 Å². The van der Waals surface area contributed by atoms with Crippen LogP contribution in [-0.2, 0) is 11.2 Å². The summed E-state index contributed by atoms with van der Waals surface area (Å²) in [5.41, 5.74) is 3.56. The molecule has 1 fully saturated rings. The fourth-order valence-electron chi connectivity index (χ4n) is 3.31. The monoisotopic (exact) mass is 278 g/mol. The number of fused-ring (bicyclic) bond motifs is 1. The van der Waals surface area contributed by atoms with Crippen molar-refractivity contribution in [1.29, 1.82) is 0 Å². The number of hydrogen-bond acceptors (Lipinski definition) is 2. The predicted octanol–water partition coefficient (Wildman–Crippen LogP) is 2.71. The molecule has 0 aromatic heterocycles. The van der Waals surface area contributed by atoms with E-state index in [1.807, 2.05) is 23.1 Å². The summed E-state index contributed by atoms with van der Waals surface area (Å²) in [5, 5.41) is 0. The number of carbonyl (C=O) groups excluding carboxylic acids is 1. The highest BCUT2D eigenvalue weighted by molar-refractivity contribution is 6.01. The van der Waals surface area contributed by atoms with Gasteiger partial charge in [0.1, 0.15) is 0 Å². The fraction of sp³-hybridized carbons (Fsp3) is 0.278. The van der Waals surface area contributed by atoms with Crippen molar-refractivity contribution in [2.45, 2.75) is 6.42 Å². The highest BCUT2D eigenvalue weighted by Crippen LogP contribution is 2.31. The molecule has 21 heavy (non-hydrogen) atoms. The lowest BCUT2D eigenvalue weighted by atomic mass is 9.98. The number of hydrogen-bond donors (Lipinski definition) is 0. The lowest BCUT2D eigenvalue weighted by molar-refractivity contribution is -0.117. The second-order valence-electron chi connectivity index (χ2n) is 5.92. The minimum Gasteiger partial charge on any atom is -0.371 e. The maximum absolute atomic E-state index is 12.2. The Morgan fingerprint density at radius 2 is 1.67 bits per heavy atom. The number of anilines is 2. The van der Waals surface area contributed by atoms with Gasteiger partial charge in [-0.05, 0) is 23.8 Å². The smallest absolute Gasteiger partial charge is 0.231 e. The molecule has 2 aliphatic rings. The zero-order valence-electron chi connectivity index (χ0n) is 11.9. The predicted molar refractivity (Wildman–Crippen MR) is 84.6 cm³/mol. The normalized spacial score (nSPS) is 17.8. The summed E-state index contributed by atoms with van der Waals surface area (Å²) in [6.07, 6.45) is 0.561. The van der Waals surface area contributed by atoms with Gasteiger partial charge in [0.25, 0.3) is 0 Å². The van der Waals surface area contributed by atoms with Crippen LogP contribution >= 0.6 is 0 Å². The van der Waals surface area contributed by atoms with Gasteiger partial charge in [-0.3, -0.25) is 4.79 Å². The minimum atomic E-state index is 0.245. The Morgan fingerprint density at radius 1 is 0.952 bits per heavy atom. The topological polar surface area (TPSA) is 23.6 Å². The first-order valence-electron chi connectivity index (χ1n) is 7.49. The summed E-state index contributed by atoms with van der Waals surface area (Å²) in [5.74, 6) is 0.815. The molecule has 0 unspecified atom stereocenters. The maximum Gasteiger partial charge on any atom is 0.231 e. The van der Waals surface area contributed by atoms with Gasteiger partial charge in [-0.25, -0.2) is 0 Å². The van der Waals surface area contributed by atoms with Crippen LogP contribution in [0, 0.1) is 5.92 Å². The van der Waals surface area contributed by atoms with Crippen LogP contribution in [0.4, 0.5) is 11.4 Å². The standard InChI is InChI=1S/C18H18N2O/c21-18-10-15-6-4-5-9-17(15)20(18)13-14-11-19(12-14)16-7-2-1-3-8-16/h1-9,14H,10-13H2. The van der Waals surface area contributed by atoms with Gasteiger partial charge in [0.2, 0.25) is 5.91 Å². The zero-order chi connectivity index (χ0) is 14.2. The molecular formula is C18H18N2O. The average molecular weight is 278 g/mol. The molecule has 0 radical (unpaired) electrons. The van der Waals surface area contributed by atoms with Crippen molar-refractivity contribution in [2.75, 3.05) is 29.4 Å². The van der Waals surface area contributed by atoms with Crippen LogP contribution < -0.4 is 9.80 Å². The van der Waals surface area contributed by atoms with Gasteiger partial charge in [-0.15, -0.1) is 0 Å². The number of carbonyl (C=O) groups is 1. The second kappa shape index (κ2) is 4.92. The molecule has 106 valence electrons. The molecule has 1 saturated heterocycles. The lowest BCUT2D eigenvalue weighted by Crippen LogP contribution is -2.52. The molecule has 0 atom stereocenters. The molecule has 2 aromatic rings. The summed E-state index contributed by atoms with van der Waals surface area (Å²) >= 11 is 0. The van der Waals surface area contributed by atoms with Crippen molar-refractivity contribution in [3.05, 3.63) is 60.2 Å². The summed E-state index contributed by atoms with van der Waals surface area (Å²) in [4.78, 5) is 16.5. The van der Waals surface area contributed by atoms with Crippen molar-refractivity contribution in [2.24, 2.45) is 5.92 Å². The third kappa shape index (κ3) is 2.19. The minimum absolute atomic E-state index is 0.245. The van der Waals surface area contributed by atoms with Gasteiger partial charge < -0.3 is 9.80 Å². The molecule has 1 amide bonds. The largest absolute Gasteiger partial charge is 0.371 e. The number of rotatable bonds is 3. The Hall–Kier alpha value is -2.29. The van der Waals surface area contributed by atoms with Gasteiger partial charge >= 0.3 is 0 Å². The summed E-state index contributed by atoms with van der Waals surface area (Å²) in [7, 11) is 0. The molecular weight excluding hydrogens is 260 g/mol. The maximum atomic E-state index is 12.2. The first-order valence-corrected chi connectivity index (χ1v) is 7.49. The van der Waals surface area contributed by atoms with E-state index in [0.717, 1.165) is 25.3 Å². The van der Waals surface area contributed by atoms with Gasteiger partial charge in [-0.1, -0.05) is 36.4 Å². The molecule has 2 heterocycles. The van der Waals surface area contributed by atoms with E-state index in [2.05, 4.69) is 41.3 Å². The molecule has 0 spiro atoms. The summed E-state index contributed by atoms with van der Waals surface area (Å²) in [6, 6.07) is 18.6. The van der Waals surface area contributed by atoms with Crippen molar-refractivity contribution >= 4 is 17.3 Å². The van der Waals surface area contributed by atoms with Crippen LogP contribution in [0.25, 0.3) is 0 Å². The molecule has 0 saturated carbocycles. The molecule has 3 heteroatoms. The summed E-state index contributed by atoms with van der Waals surface area (Å²) < 4.78 is 0. The second-order valence-corrected chi connectivity index (χ2v) is 5.92. The van der Waals surface area contributed by atoms with Crippen molar-refractivity contribution < 1.29 is 4.79 Å². The van der Waals surface area contributed by atoms with Gasteiger partial charge in [0.15, 0.2) is 0 Å². The van der Waals surface area contributed by atoms with Crippen LogP contribution in [0.5, 0.6) is 0 Å². The van der Waals surface area contributed by atoms with Crippen LogP contribution in [-0.4, -0.2) is 25.5 Å². The third-order valence-electron chi connectivity index (χ3n) is 4.44. The van der Waals surface area contributed by atoms with E-state index in [9.17, 15) is 4.79 Å². The Kier molecular flexibility index (Phi) is 2.92. The SMILES string of the molecule is O=C1Cc2ccccc2N1CC1CN(c2ccccc2)C1. The molecule has 2 aromatic carbocycles. The fourth-order valence-corrected chi connectivity index (χ4v) is 3.31. The Bertz CT molecular complexity index is 662. The first-order chi connectivity index (χ1) is 10.3. The molecule has 3 nitrogen and oxygen atoms in total. The molecule has 4 rings (SSSR count). The van der Waals surface area contributed by atoms with Crippen LogP contribution in [0.1, 0.15) is 5.56 Å². The molecule has 0 N–H and O–H groups in total. The Labute approximate surface area is 124 Å². The molecule has 0 aliphatic carbocycles. The molecule has 2 aliphatic heterocycles. The Balaban J connectivity index is 1.42. The van der Waals surface area contributed by atoms with E-state index < -0.39 is 0 Å². The van der Waals surface area contributed by atoms with E-state index in [1.54, 1.807) is 0 Å². The summed E-state index contributed by atoms with van der Waals surface area (Å²) in [6.45, 7) is 2.92. The number of amides is 1. The van der Waals surface area contributed by atoms with Crippen LogP contribution in [0.3, 0.4) is 0 Å². The van der Waals surface area contributed by atoms with Crippen LogP contribution in [0.2, 0.25) is 0 Å². The van der Waals surface area contributed by atoms with Gasteiger partial charge in [0, 0.05) is 36.9 Å². The van der Waals surface area contributed by atoms with Crippen molar-refractivity contribution in [3.63, 3.8) is 0 Å². The van der Waals surface area contributed by atoms with E-state index in [0.29, 0.717) is 12.3 Å². The van der Waals surface area contributed by atoms with Crippen molar-refractivity contribution in [1.82, 2.24) is 0 Å².